The summed E-state index contributed by atoms with van der Waals surface area (Å²) in [5.41, 5.74) is -0.0371. The lowest BCUT2D eigenvalue weighted by Crippen LogP contribution is -2.54. The third-order valence-corrected chi connectivity index (χ3v) is 5.55. The molecule has 0 aliphatic carbocycles. The zero-order valence-corrected chi connectivity index (χ0v) is 18.1. The van der Waals surface area contributed by atoms with Crippen LogP contribution in [0.25, 0.3) is 0 Å². The Morgan fingerprint density at radius 2 is 1.66 bits per heavy atom. The van der Waals surface area contributed by atoms with E-state index < -0.39 is 29.1 Å². The molecule has 3 amide bonds. The van der Waals surface area contributed by atoms with Gasteiger partial charge >= 0.3 is 0 Å². The highest BCUT2D eigenvalue weighted by Gasteiger charge is 2.34. The van der Waals surface area contributed by atoms with Crippen molar-refractivity contribution in [2.45, 2.75) is 32.7 Å². The third-order valence-electron chi connectivity index (χ3n) is 5.55. The van der Waals surface area contributed by atoms with Gasteiger partial charge < -0.3 is 15.5 Å². The number of carbonyl (C=O) groups excluding carboxylic acids is 3. The molecule has 170 valence electrons. The van der Waals surface area contributed by atoms with Gasteiger partial charge in [-0.15, -0.1) is 0 Å². The van der Waals surface area contributed by atoms with E-state index in [1.54, 1.807) is 30.9 Å². The highest BCUT2D eigenvalue weighted by molar-refractivity contribution is 5.98. The summed E-state index contributed by atoms with van der Waals surface area (Å²) >= 11 is 0. The molecule has 0 spiro atoms. The Balaban J connectivity index is 1.69. The van der Waals surface area contributed by atoms with Crippen molar-refractivity contribution in [1.82, 2.24) is 10.2 Å². The summed E-state index contributed by atoms with van der Waals surface area (Å²) in [7, 11) is 0. The van der Waals surface area contributed by atoms with Crippen molar-refractivity contribution in [2.75, 3.05) is 18.4 Å². The van der Waals surface area contributed by atoms with E-state index in [9.17, 15) is 23.2 Å². The number of halogens is 2. The average Bonchev–Trinajstić information content (AvgIpc) is 2.77. The number of piperidine rings is 1. The van der Waals surface area contributed by atoms with E-state index in [0.29, 0.717) is 25.1 Å². The van der Waals surface area contributed by atoms with Gasteiger partial charge in [-0.1, -0.05) is 38.1 Å². The molecule has 2 aromatic rings. The van der Waals surface area contributed by atoms with Gasteiger partial charge in [0.15, 0.2) is 0 Å². The minimum absolute atomic E-state index is 0.174. The van der Waals surface area contributed by atoms with Crippen molar-refractivity contribution in [1.29, 1.82) is 0 Å². The highest BCUT2D eigenvalue weighted by atomic mass is 19.1. The number of carbonyl (C=O) groups is 3. The Morgan fingerprint density at radius 3 is 2.28 bits per heavy atom. The summed E-state index contributed by atoms with van der Waals surface area (Å²) in [5.74, 6) is -4.22. The van der Waals surface area contributed by atoms with Gasteiger partial charge in [-0.25, -0.2) is 8.78 Å². The number of amides is 3. The molecule has 1 saturated heterocycles. The molecule has 0 aromatic heterocycles. The molecule has 8 heteroatoms. The maximum absolute atomic E-state index is 14.0. The molecule has 1 fully saturated rings. The van der Waals surface area contributed by atoms with Gasteiger partial charge in [-0.3, -0.25) is 14.4 Å². The lowest BCUT2D eigenvalue weighted by atomic mass is 9.94. The van der Waals surface area contributed by atoms with Crippen molar-refractivity contribution in [3.63, 3.8) is 0 Å². The van der Waals surface area contributed by atoms with Crippen LogP contribution in [0.1, 0.15) is 37.0 Å². The summed E-state index contributed by atoms with van der Waals surface area (Å²) in [6, 6.07) is 11.2. The first-order chi connectivity index (χ1) is 15.3. The fourth-order valence-electron chi connectivity index (χ4n) is 3.80. The summed E-state index contributed by atoms with van der Waals surface area (Å²) in [6.07, 6.45) is 1.28. The fourth-order valence-corrected chi connectivity index (χ4v) is 3.80. The van der Waals surface area contributed by atoms with E-state index >= 15 is 0 Å². The van der Waals surface area contributed by atoms with Crippen LogP contribution >= 0.6 is 0 Å². The smallest absolute Gasteiger partial charge is 0.257 e. The predicted octanol–water partition coefficient (Wildman–Crippen LogP) is 3.60. The molecule has 6 nitrogen and oxygen atoms in total. The molecule has 0 saturated carbocycles. The predicted molar refractivity (Wildman–Crippen MR) is 117 cm³/mol. The Labute approximate surface area is 186 Å². The summed E-state index contributed by atoms with van der Waals surface area (Å²) in [5, 5.41) is 5.34. The molecular weight excluding hydrogens is 416 g/mol. The molecule has 0 radical (unpaired) electrons. The van der Waals surface area contributed by atoms with Gasteiger partial charge in [0.2, 0.25) is 11.8 Å². The molecule has 0 bridgehead atoms. The lowest BCUT2D eigenvalue weighted by molar-refractivity contribution is -0.137. The first-order valence-electron chi connectivity index (χ1n) is 10.7. The summed E-state index contributed by atoms with van der Waals surface area (Å²) in [4.78, 5) is 40.0. The quantitative estimate of drug-likeness (QED) is 0.716. The van der Waals surface area contributed by atoms with Crippen molar-refractivity contribution in [3.05, 3.63) is 65.7 Å². The zero-order chi connectivity index (χ0) is 23.3. The third kappa shape index (κ3) is 5.49. The number of benzene rings is 2. The van der Waals surface area contributed by atoms with Gasteiger partial charge in [0.1, 0.15) is 23.2 Å². The molecule has 32 heavy (non-hydrogen) atoms. The summed E-state index contributed by atoms with van der Waals surface area (Å²) in [6.45, 7) is 4.14. The number of hydrogen-bond acceptors (Lipinski definition) is 3. The van der Waals surface area contributed by atoms with Crippen LogP contribution in [0.15, 0.2) is 48.5 Å². The molecule has 2 atom stereocenters. The van der Waals surface area contributed by atoms with E-state index in [4.69, 9.17) is 0 Å². The van der Waals surface area contributed by atoms with Crippen molar-refractivity contribution in [3.8, 4) is 0 Å². The van der Waals surface area contributed by atoms with Gasteiger partial charge in [0, 0.05) is 18.8 Å². The van der Waals surface area contributed by atoms with Crippen LogP contribution < -0.4 is 10.6 Å². The topological polar surface area (TPSA) is 78.5 Å². The van der Waals surface area contributed by atoms with Crippen LogP contribution in [0.3, 0.4) is 0 Å². The number of rotatable bonds is 6. The van der Waals surface area contributed by atoms with Crippen LogP contribution in [-0.4, -0.2) is 41.8 Å². The van der Waals surface area contributed by atoms with Gasteiger partial charge in [-0.2, -0.15) is 0 Å². The number of anilines is 1. The van der Waals surface area contributed by atoms with Gasteiger partial charge in [-0.05, 0) is 43.0 Å². The van der Waals surface area contributed by atoms with E-state index in [1.165, 1.54) is 6.07 Å². The van der Waals surface area contributed by atoms with E-state index in [1.807, 2.05) is 18.2 Å². The Hall–Kier alpha value is -3.29. The Morgan fingerprint density at radius 1 is 1.00 bits per heavy atom. The number of likely N-dealkylation sites (tertiary alicyclic amines) is 1. The second-order valence-corrected chi connectivity index (χ2v) is 8.27. The molecule has 1 aliphatic heterocycles. The van der Waals surface area contributed by atoms with Crippen molar-refractivity contribution in [2.24, 2.45) is 11.8 Å². The van der Waals surface area contributed by atoms with Crippen LogP contribution in [-0.2, 0) is 9.59 Å². The van der Waals surface area contributed by atoms with Crippen molar-refractivity contribution < 1.29 is 23.2 Å². The normalized spacial score (nSPS) is 17.0. The molecular formula is C24H27F2N3O3. The van der Waals surface area contributed by atoms with E-state index in [2.05, 4.69) is 10.6 Å². The minimum Gasteiger partial charge on any atom is -0.340 e. The number of nitrogens with zero attached hydrogens (tertiary/aromatic N) is 1. The molecule has 0 unspecified atom stereocenters. The van der Waals surface area contributed by atoms with Gasteiger partial charge in [0.25, 0.3) is 5.91 Å². The molecule has 2 N–H and O–H groups in total. The van der Waals surface area contributed by atoms with Gasteiger partial charge in [0.05, 0.1) is 5.92 Å². The molecule has 2 aromatic carbocycles. The number of hydrogen-bond donors (Lipinski definition) is 2. The first-order valence-corrected chi connectivity index (χ1v) is 10.7. The maximum atomic E-state index is 14.0. The SMILES string of the molecule is CC(C)[C@H](NC(=O)c1c(F)cccc1F)C(=O)N1CCC[C@H](C(=O)Nc2ccccc2)C1. The standard InChI is InChI=1S/C24H27F2N3O3/c1-15(2)21(28-23(31)20-18(25)11-6-12-19(20)26)24(32)29-13-7-8-16(14-29)22(30)27-17-9-4-3-5-10-17/h3-6,9-12,15-16,21H,7-8,13-14H2,1-2H3,(H,27,30)(H,28,31)/t16-,21-/m0/s1. The lowest BCUT2D eigenvalue weighted by Gasteiger charge is -2.35. The molecule has 3 rings (SSSR count). The Kier molecular flexibility index (Phi) is 7.56. The monoisotopic (exact) mass is 443 g/mol. The second kappa shape index (κ2) is 10.3. The first kappa shape index (κ1) is 23.4. The molecule has 1 aliphatic rings. The fraction of sp³-hybridized carbons (Fsp3) is 0.375. The zero-order valence-electron chi connectivity index (χ0n) is 18.1. The number of para-hydroxylation sites is 1. The van der Waals surface area contributed by atoms with Crippen LogP contribution in [0.5, 0.6) is 0 Å². The Bertz CT molecular complexity index is 961. The second-order valence-electron chi connectivity index (χ2n) is 8.27. The van der Waals surface area contributed by atoms with Crippen LogP contribution in [0.4, 0.5) is 14.5 Å². The molecule has 1 heterocycles. The van der Waals surface area contributed by atoms with Crippen LogP contribution in [0, 0.1) is 23.5 Å². The largest absolute Gasteiger partial charge is 0.340 e. The van der Waals surface area contributed by atoms with Crippen LogP contribution in [0.2, 0.25) is 0 Å². The van der Waals surface area contributed by atoms with Crippen molar-refractivity contribution >= 4 is 23.4 Å². The minimum atomic E-state index is -0.993. The highest BCUT2D eigenvalue weighted by Crippen LogP contribution is 2.21. The van der Waals surface area contributed by atoms with E-state index in [0.717, 1.165) is 12.1 Å². The van der Waals surface area contributed by atoms with E-state index in [-0.39, 0.29) is 30.2 Å². The maximum Gasteiger partial charge on any atom is 0.257 e. The number of nitrogens with one attached hydrogen (secondary N) is 2. The average molecular weight is 443 g/mol. The summed E-state index contributed by atoms with van der Waals surface area (Å²) < 4.78 is 28.0.